The molecule has 118 valence electrons. The number of aliphatic hydroxyl groups excluding tert-OH is 1. The quantitative estimate of drug-likeness (QED) is 0.826. The van der Waals surface area contributed by atoms with Crippen molar-refractivity contribution in [1.29, 1.82) is 0 Å². The van der Waals surface area contributed by atoms with Gasteiger partial charge in [-0.3, -0.25) is 0 Å². The summed E-state index contributed by atoms with van der Waals surface area (Å²) >= 11 is 3.14. The van der Waals surface area contributed by atoms with Crippen LogP contribution in [-0.2, 0) is 16.6 Å². The van der Waals surface area contributed by atoms with Gasteiger partial charge in [0.25, 0.3) is 0 Å². The average molecular weight is 380 g/mol. The van der Waals surface area contributed by atoms with E-state index in [1.54, 1.807) is 0 Å². The molecule has 1 aromatic carbocycles. The Balaban J connectivity index is 2.17. The molecule has 0 bridgehead atoms. The molecule has 1 aliphatic rings. The highest BCUT2D eigenvalue weighted by Gasteiger charge is 2.26. The zero-order valence-electron chi connectivity index (χ0n) is 11.8. The van der Waals surface area contributed by atoms with Crippen molar-refractivity contribution >= 4 is 26.0 Å². The molecule has 0 heterocycles. The lowest BCUT2D eigenvalue weighted by molar-refractivity contribution is 0.274. The normalized spacial score (nSPS) is 22.7. The van der Waals surface area contributed by atoms with Crippen molar-refractivity contribution in [1.82, 2.24) is 4.72 Å². The SMILES string of the molecule is CC1CCC(CNS(=O)(=O)c2cc(Br)cc(CO)c2F)C1. The zero-order chi connectivity index (χ0) is 15.6. The molecule has 0 amide bonds. The topological polar surface area (TPSA) is 66.4 Å². The van der Waals surface area contributed by atoms with Gasteiger partial charge in [0.2, 0.25) is 10.0 Å². The van der Waals surface area contributed by atoms with Gasteiger partial charge >= 0.3 is 0 Å². The summed E-state index contributed by atoms with van der Waals surface area (Å²) < 4.78 is 41.5. The Bertz CT molecular complexity index is 621. The molecule has 7 heteroatoms. The highest BCUT2D eigenvalue weighted by atomic mass is 79.9. The summed E-state index contributed by atoms with van der Waals surface area (Å²) in [6.45, 7) is 1.93. The maximum absolute atomic E-state index is 14.1. The number of hydrogen-bond acceptors (Lipinski definition) is 3. The van der Waals surface area contributed by atoms with E-state index < -0.39 is 27.3 Å². The summed E-state index contributed by atoms with van der Waals surface area (Å²) in [7, 11) is -3.92. The lowest BCUT2D eigenvalue weighted by atomic mass is 10.1. The first kappa shape index (κ1) is 16.9. The fourth-order valence-corrected chi connectivity index (χ4v) is 4.66. The molecular formula is C14H19BrFNO3S. The van der Waals surface area contributed by atoms with Crippen molar-refractivity contribution in [2.24, 2.45) is 11.8 Å². The lowest BCUT2D eigenvalue weighted by Crippen LogP contribution is -2.29. The van der Waals surface area contributed by atoms with Crippen molar-refractivity contribution < 1.29 is 17.9 Å². The fourth-order valence-electron chi connectivity index (χ4n) is 2.74. The van der Waals surface area contributed by atoms with Crippen molar-refractivity contribution in [3.8, 4) is 0 Å². The van der Waals surface area contributed by atoms with Crippen molar-refractivity contribution in [2.75, 3.05) is 6.54 Å². The second-order valence-electron chi connectivity index (χ2n) is 5.67. The van der Waals surface area contributed by atoms with E-state index in [2.05, 4.69) is 27.6 Å². The van der Waals surface area contributed by atoms with Gasteiger partial charge in [-0.1, -0.05) is 29.3 Å². The maximum atomic E-state index is 14.1. The molecule has 0 aromatic heterocycles. The van der Waals surface area contributed by atoms with Crippen LogP contribution in [0.4, 0.5) is 4.39 Å². The highest BCUT2D eigenvalue weighted by molar-refractivity contribution is 9.10. The molecule has 2 N–H and O–H groups in total. The van der Waals surface area contributed by atoms with E-state index in [1.165, 1.54) is 12.1 Å². The van der Waals surface area contributed by atoms with Gasteiger partial charge in [0.1, 0.15) is 10.7 Å². The van der Waals surface area contributed by atoms with Gasteiger partial charge in [0.15, 0.2) is 0 Å². The van der Waals surface area contributed by atoms with Crippen LogP contribution in [0, 0.1) is 17.7 Å². The van der Waals surface area contributed by atoms with Crippen molar-refractivity contribution in [2.45, 2.75) is 37.7 Å². The van der Waals surface area contributed by atoms with Gasteiger partial charge in [0.05, 0.1) is 6.61 Å². The highest BCUT2D eigenvalue weighted by Crippen LogP contribution is 2.30. The monoisotopic (exact) mass is 379 g/mol. The molecule has 4 nitrogen and oxygen atoms in total. The second kappa shape index (κ2) is 6.73. The molecular weight excluding hydrogens is 361 g/mol. The first-order valence-electron chi connectivity index (χ1n) is 6.92. The Morgan fingerprint density at radius 2 is 2.14 bits per heavy atom. The summed E-state index contributed by atoms with van der Waals surface area (Å²) in [5.41, 5.74) is -0.0424. The van der Waals surface area contributed by atoms with Crippen LogP contribution in [-0.4, -0.2) is 20.1 Å². The number of aliphatic hydroxyl groups is 1. The molecule has 2 atom stereocenters. The van der Waals surface area contributed by atoms with Gasteiger partial charge in [-0.05, 0) is 36.8 Å². The van der Waals surface area contributed by atoms with E-state index in [0.29, 0.717) is 22.9 Å². The molecule has 1 saturated carbocycles. The Labute approximate surface area is 132 Å². The zero-order valence-corrected chi connectivity index (χ0v) is 14.2. The van der Waals surface area contributed by atoms with Crippen LogP contribution >= 0.6 is 15.9 Å². The minimum Gasteiger partial charge on any atom is -0.392 e. The molecule has 21 heavy (non-hydrogen) atoms. The molecule has 0 aliphatic heterocycles. The summed E-state index contributed by atoms with van der Waals surface area (Å²) in [5, 5.41) is 9.09. The van der Waals surface area contributed by atoms with E-state index in [4.69, 9.17) is 5.11 Å². The van der Waals surface area contributed by atoms with Crippen LogP contribution in [0.5, 0.6) is 0 Å². The van der Waals surface area contributed by atoms with Crippen LogP contribution in [0.15, 0.2) is 21.5 Å². The number of halogens is 2. The van der Waals surface area contributed by atoms with Crippen LogP contribution in [0.3, 0.4) is 0 Å². The van der Waals surface area contributed by atoms with E-state index >= 15 is 0 Å². The average Bonchev–Trinajstić information content (AvgIpc) is 2.84. The molecule has 1 aromatic rings. The van der Waals surface area contributed by atoms with Crippen LogP contribution in [0.25, 0.3) is 0 Å². The third-order valence-corrected chi connectivity index (χ3v) is 5.79. The number of rotatable bonds is 5. The minimum atomic E-state index is -3.92. The molecule has 0 spiro atoms. The first-order valence-corrected chi connectivity index (χ1v) is 9.19. The summed E-state index contributed by atoms with van der Waals surface area (Å²) in [4.78, 5) is -0.424. The van der Waals surface area contributed by atoms with E-state index in [0.717, 1.165) is 19.3 Å². The van der Waals surface area contributed by atoms with E-state index in [1.807, 2.05) is 0 Å². The summed E-state index contributed by atoms with van der Waals surface area (Å²) in [6, 6.07) is 2.58. The predicted molar refractivity (Wildman–Crippen MR) is 81.7 cm³/mol. The maximum Gasteiger partial charge on any atom is 0.243 e. The lowest BCUT2D eigenvalue weighted by Gasteiger charge is -2.13. The van der Waals surface area contributed by atoms with E-state index in [-0.39, 0.29) is 5.56 Å². The van der Waals surface area contributed by atoms with Crippen LogP contribution in [0.2, 0.25) is 0 Å². The number of benzene rings is 1. The Kier molecular flexibility index (Phi) is 5.40. The van der Waals surface area contributed by atoms with Gasteiger partial charge in [-0.15, -0.1) is 0 Å². The van der Waals surface area contributed by atoms with Gasteiger partial charge in [0, 0.05) is 16.6 Å². The summed E-state index contributed by atoms with van der Waals surface area (Å²) in [5.74, 6) is 0.0263. The van der Waals surface area contributed by atoms with Crippen molar-refractivity contribution in [3.63, 3.8) is 0 Å². The summed E-state index contributed by atoms with van der Waals surface area (Å²) in [6.07, 6.45) is 3.09. The van der Waals surface area contributed by atoms with Gasteiger partial charge in [-0.2, -0.15) is 0 Å². The Morgan fingerprint density at radius 3 is 2.71 bits per heavy atom. The molecule has 2 unspecified atom stereocenters. The standard InChI is InChI=1S/C14H19BrFNO3S/c1-9-2-3-10(4-9)7-17-21(19,20)13-6-12(15)5-11(8-18)14(13)16/h5-6,9-10,17-18H,2-4,7-8H2,1H3. The third kappa shape index (κ3) is 4.03. The predicted octanol–water partition coefficient (Wildman–Crippen LogP) is 2.80. The number of sulfonamides is 1. The number of hydrogen-bond donors (Lipinski definition) is 2. The van der Waals surface area contributed by atoms with Gasteiger partial charge < -0.3 is 5.11 Å². The Morgan fingerprint density at radius 1 is 1.43 bits per heavy atom. The molecule has 0 saturated heterocycles. The van der Waals surface area contributed by atoms with Crippen molar-refractivity contribution in [3.05, 3.63) is 28.0 Å². The molecule has 1 aliphatic carbocycles. The fraction of sp³-hybridized carbons (Fsp3) is 0.571. The molecule has 2 rings (SSSR count). The Hall–Kier alpha value is -0.500. The van der Waals surface area contributed by atoms with Crippen LogP contribution in [0.1, 0.15) is 31.7 Å². The first-order chi connectivity index (χ1) is 9.83. The minimum absolute atomic E-state index is 0.0424. The molecule has 1 fully saturated rings. The second-order valence-corrected chi connectivity index (χ2v) is 8.32. The largest absolute Gasteiger partial charge is 0.392 e. The van der Waals surface area contributed by atoms with Crippen LogP contribution < -0.4 is 4.72 Å². The smallest absolute Gasteiger partial charge is 0.243 e. The molecule has 0 radical (unpaired) electrons. The number of nitrogens with one attached hydrogen (secondary N) is 1. The third-order valence-electron chi connectivity index (χ3n) is 3.90. The van der Waals surface area contributed by atoms with E-state index in [9.17, 15) is 12.8 Å². The van der Waals surface area contributed by atoms with Gasteiger partial charge in [-0.25, -0.2) is 17.5 Å².